The summed E-state index contributed by atoms with van der Waals surface area (Å²) in [4.78, 5) is 12.3. The molecule has 1 saturated carbocycles. The molecule has 2 aromatic heterocycles. The smallest absolute Gasteiger partial charge is 0.251 e. The van der Waals surface area contributed by atoms with Gasteiger partial charge in [-0.05, 0) is 66.9 Å². The third-order valence-corrected chi connectivity index (χ3v) is 6.90. The quantitative estimate of drug-likeness (QED) is 0.416. The van der Waals surface area contributed by atoms with Gasteiger partial charge in [0.15, 0.2) is 17.4 Å². The number of nitrogens with zero attached hydrogens (tertiary/aromatic N) is 3. The fourth-order valence-corrected chi connectivity index (χ4v) is 4.94. The Morgan fingerprint density at radius 2 is 1.88 bits per heavy atom. The minimum absolute atomic E-state index is 0.141. The Balaban J connectivity index is 1.18. The Morgan fingerprint density at radius 3 is 2.58 bits per heavy atom. The second-order valence-corrected chi connectivity index (χ2v) is 9.13. The second-order valence-electron chi connectivity index (χ2n) is 8.47. The van der Waals surface area contributed by atoms with Crippen LogP contribution < -0.4 is 5.32 Å². The molecule has 0 saturated heterocycles. The van der Waals surface area contributed by atoms with Crippen LogP contribution >= 0.6 is 11.5 Å². The molecule has 1 fully saturated rings. The highest BCUT2D eigenvalue weighted by Gasteiger charge is 2.24. The van der Waals surface area contributed by atoms with Gasteiger partial charge in [-0.15, -0.1) is 0 Å². The van der Waals surface area contributed by atoms with Gasteiger partial charge in [-0.25, -0.2) is 13.2 Å². The third kappa shape index (κ3) is 4.45. The Labute approximate surface area is 193 Å². The maximum absolute atomic E-state index is 13.5. The van der Waals surface area contributed by atoms with E-state index in [0.29, 0.717) is 18.5 Å². The minimum atomic E-state index is -1.15. The molecule has 6 nitrogen and oxygen atoms in total. The third-order valence-electron chi connectivity index (χ3n) is 6.31. The molecule has 5 rings (SSSR count). The van der Waals surface area contributed by atoms with E-state index in [4.69, 9.17) is 5.10 Å². The van der Waals surface area contributed by atoms with Crippen molar-refractivity contribution < 1.29 is 18.7 Å². The highest BCUT2D eigenvalue weighted by molar-refractivity contribution is 7.03. The molecule has 0 bridgehead atoms. The van der Waals surface area contributed by atoms with E-state index in [1.54, 1.807) is 0 Å². The number of amides is 1. The van der Waals surface area contributed by atoms with E-state index < -0.39 is 23.3 Å². The molecule has 1 aliphatic rings. The van der Waals surface area contributed by atoms with Gasteiger partial charge in [-0.1, -0.05) is 12.1 Å². The van der Waals surface area contributed by atoms with Crippen LogP contribution in [0.25, 0.3) is 22.0 Å². The Bertz CT molecular complexity index is 1270. The first kappa shape index (κ1) is 21.5. The molecular formula is C24H22F2N4O2S. The second kappa shape index (κ2) is 8.90. The van der Waals surface area contributed by atoms with Crippen LogP contribution in [0.1, 0.15) is 42.1 Å². The largest absolute Gasteiger partial charge is 0.503 e. The standard InChI is InChI=1S/C24H22F2N4O2S/c25-20-7-17(8-21(26)23(20)31)24(32)27-10-14-1-5-19(6-2-14)30-12-16-4-3-15(9-22(16)29-30)18-11-28-33-13-18/h3-4,7-9,11-14,19,31H,1-2,5-6,10H2,(H,27,32)/t14-,19-. The molecule has 9 heteroatoms. The first-order valence-corrected chi connectivity index (χ1v) is 11.7. The molecule has 0 unspecified atom stereocenters. The molecule has 0 radical (unpaired) electrons. The van der Waals surface area contributed by atoms with Crippen molar-refractivity contribution in [3.8, 4) is 16.9 Å². The number of carbonyl (C=O) groups is 1. The van der Waals surface area contributed by atoms with Gasteiger partial charge in [0.1, 0.15) is 0 Å². The first-order valence-electron chi connectivity index (χ1n) is 10.8. The van der Waals surface area contributed by atoms with E-state index >= 15 is 0 Å². The van der Waals surface area contributed by atoms with Crippen molar-refractivity contribution in [1.29, 1.82) is 0 Å². The van der Waals surface area contributed by atoms with E-state index in [0.717, 1.165) is 59.8 Å². The molecule has 0 aliphatic heterocycles. The van der Waals surface area contributed by atoms with Crippen LogP contribution in [0.5, 0.6) is 5.75 Å². The van der Waals surface area contributed by atoms with Crippen molar-refractivity contribution in [3.05, 3.63) is 65.3 Å². The van der Waals surface area contributed by atoms with Crippen LogP contribution in [0.4, 0.5) is 8.78 Å². The van der Waals surface area contributed by atoms with Crippen molar-refractivity contribution >= 4 is 28.3 Å². The van der Waals surface area contributed by atoms with Gasteiger partial charge in [0.25, 0.3) is 5.91 Å². The monoisotopic (exact) mass is 468 g/mol. The zero-order chi connectivity index (χ0) is 22.9. The maximum Gasteiger partial charge on any atom is 0.251 e. The number of phenols is 1. The first-order chi connectivity index (χ1) is 16.0. The Kier molecular flexibility index (Phi) is 5.80. The van der Waals surface area contributed by atoms with Gasteiger partial charge in [-0.2, -0.15) is 5.10 Å². The predicted octanol–water partition coefficient (Wildman–Crippen LogP) is 5.30. The summed E-state index contributed by atoms with van der Waals surface area (Å²) in [5, 5.41) is 19.9. The number of rotatable bonds is 5. The number of nitrogens with one attached hydrogen (secondary N) is 1. The summed E-state index contributed by atoms with van der Waals surface area (Å²) in [7, 11) is 0. The number of carbonyl (C=O) groups excluding carboxylic acids is 1. The lowest BCUT2D eigenvalue weighted by molar-refractivity contribution is 0.0940. The molecule has 0 atom stereocenters. The maximum atomic E-state index is 13.5. The van der Waals surface area contributed by atoms with Gasteiger partial charge in [0.2, 0.25) is 0 Å². The van der Waals surface area contributed by atoms with Crippen molar-refractivity contribution in [2.45, 2.75) is 31.7 Å². The average Bonchev–Trinajstić information content (AvgIpc) is 3.50. The zero-order valence-electron chi connectivity index (χ0n) is 17.7. The lowest BCUT2D eigenvalue weighted by Gasteiger charge is -2.28. The number of aromatic nitrogens is 3. The van der Waals surface area contributed by atoms with Gasteiger partial charge in [0, 0.05) is 40.8 Å². The molecule has 2 heterocycles. The van der Waals surface area contributed by atoms with Crippen molar-refractivity contribution in [1.82, 2.24) is 19.5 Å². The molecule has 33 heavy (non-hydrogen) atoms. The number of phenolic OH excluding ortho intramolecular Hbond substituents is 1. The summed E-state index contributed by atoms with van der Waals surface area (Å²) in [5.41, 5.74) is 3.02. The molecule has 2 aromatic carbocycles. The van der Waals surface area contributed by atoms with E-state index in [1.165, 1.54) is 11.5 Å². The topological polar surface area (TPSA) is 80.0 Å². The number of hydrogen-bond donors (Lipinski definition) is 2. The highest BCUT2D eigenvalue weighted by Crippen LogP contribution is 2.33. The van der Waals surface area contributed by atoms with E-state index in [9.17, 15) is 18.7 Å². The summed E-state index contributed by atoms with van der Waals surface area (Å²) < 4.78 is 33.2. The van der Waals surface area contributed by atoms with Crippen molar-refractivity contribution in [3.63, 3.8) is 0 Å². The van der Waals surface area contributed by atoms with E-state index in [2.05, 4.69) is 38.8 Å². The molecule has 1 amide bonds. The lowest BCUT2D eigenvalue weighted by Crippen LogP contribution is -2.31. The highest BCUT2D eigenvalue weighted by atomic mass is 32.1. The molecule has 4 aromatic rings. The fraction of sp³-hybridized carbons (Fsp3) is 0.292. The van der Waals surface area contributed by atoms with Crippen LogP contribution in [0, 0.1) is 17.6 Å². The minimum Gasteiger partial charge on any atom is -0.503 e. The normalized spacial score (nSPS) is 18.5. The summed E-state index contributed by atoms with van der Waals surface area (Å²) in [6.07, 6.45) is 7.68. The van der Waals surface area contributed by atoms with Crippen LogP contribution in [0.15, 0.2) is 48.1 Å². The Hall–Kier alpha value is -3.33. The lowest BCUT2D eigenvalue weighted by atomic mass is 9.86. The van der Waals surface area contributed by atoms with Crippen LogP contribution in [-0.2, 0) is 0 Å². The molecule has 0 spiro atoms. The van der Waals surface area contributed by atoms with E-state index in [1.807, 2.05) is 11.6 Å². The number of aromatic hydroxyl groups is 1. The van der Waals surface area contributed by atoms with Gasteiger partial charge < -0.3 is 10.4 Å². The molecular weight excluding hydrogens is 446 g/mol. The summed E-state index contributed by atoms with van der Waals surface area (Å²) in [6.45, 7) is 0.439. The van der Waals surface area contributed by atoms with Crippen molar-refractivity contribution in [2.24, 2.45) is 5.92 Å². The van der Waals surface area contributed by atoms with Crippen LogP contribution in [0.3, 0.4) is 0 Å². The molecule has 170 valence electrons. The number of fused-ring (bicyclic) bond motifs is 1. The van der Waals surface area contributed by atoms with Gasteiger partial charge >= 0.3 is 0 Å². The van der Waals surface area contributed by atoms with Gasteiger partial charge in [-0.3, -0.25) is 9.48 Å². The summed E-state index contributed by atoms with van der Waals surface area (Å²) in [5.74, 6) is -3.63. The zero-order valence-corrected chi connectivity index (χ0v) is 18.5. The number of halogens is 2. The van der Waals surface area contributed by atoms with Gasteiger partial charge in [0.05, 0.1) is 11.6 Å². The molecule has 2 N–H and O–H groups in total. The van der Waals surface area contributed by atoms with Crippen LogP contribution in [0.2, 0.25) is 0 Å². The molecule has 1 aliphatic carbocycles. The van der Waals surface area contributed by atoms with Crippen LogP contribution in [-0.4, -0.2) is 31.7 Å². The average molecular weight is 469 g/mol. The van der Waals surface area contributed by atoms with E-state index in [-0.39, 0.29) is 5.56 Å². The fourth-order valence-electron chi connectivity index (χ4n) is 4.40. The summed E-state index contributed by atoms with van der Waals surface area (Å²) in [6, 6.07) is 8.24. The summed E-state index contributed by atoms with van der Waals surface area (Å²) >= 11 is 1.43. The number of benzene rings is 2. The SMILES string of the molecule is O=C(NC[C@H]1CC[C@H](n2cc3ccc(-c4cnsc4)cc3n2)CC1)c1cc(F)c(O)c(F)c1. The number of hydrogen-bond acceptors (Lipinski definition) is 5. The van der Waals surface area contributed by atoms with Crippen molar-refractivity contribution in [2.75, 3.05) is 6.54 Å². The predicted molar refractivity (Wildman–Crippen MR) is 122 cm³/mol. The Morgan fingerprint density at radius 1 is 1.12 bits per heavy atom.